The first kappa shape index (κ1) is 22.8. The van der Waals surface area contributed by atoms with Crippen LogP contribution in [0.15, 0.2) is 60.7 Å². The molecule has 0 aliphatic carbocycles. The normalized spacial score (nSPS) is 15.6. The summed E-state index contributed by atoms with van der Waals surface area (Å²) in [6, 6.07) is 21.3. The lowest BCUT2D eigenvalue weighted by Crippen LogP contribution is -3.13. The van der Waals surface area contributed by atoms with Gasteiger partial charge in [0.1, 0.15) is 11.0 Å². The highest BCUT2D eigenvalue weighted by atomic mass is 32.1. The number of carbonyl (C=O) groups excluding carboxylic acids is 1. The van der Waals surface area contributed by atoms with Crippen molar-refractivity contribution in [3.63, 3.8) is 0 Å². The molecule has 0 spiro atoms. The van der Waals surface area contributed by atoms with Gasteiger partial charge in [-0.05, 0) is 55.4 Å². The van der Waals surface area contributed by atoms with Gasteiger partial charge < -0.3 is 10.2 Å². The molecule has 1 saturated heterocycles. The summed E-state index contributed by atoms with van der Waals surface area (Å²) in [5, 5.41) is 4.27. The minimum atomic E-state index is -0.0288. The fourth-order valence-corrected chi connectivity index (χ4v) is 5.74. The van der Waals surface area contributed by atoms with E-state index in [4.69, 9.17) is 0 Å². The summed E-state index contributed by atoms with van der Waals surface area (Å²) >= 11 is 1.73. The van der Waals surface area contributed by atoms with Crippen LogP contribution in [-0.4, -0.2) is 19.0 Å². The van der Waals surface area contributed by atoms with Crippen molar-refractivity contribution in [2.45, 2.75) is 58.4 Å². The highest BCUT2D eigenvalue weighted by molar-refractivity contribution is 7.16. The second kappa shape index (κ2) is 10.5. The van der Waals surface area contributed by atoms with E-state index in [9.17, 15) is 4.79 Å². The van der Waals surface area contributed by atoms with Crippen molar-refractivity contribution in [1.29, 1.82) is 0 Å². The second-order valence-electron chi connectivity index (χ2n) is 9.14. The Labute approximate surface area is 196 Å². The van der Waals surface area contributed by atoms with Crippen molar-refractivity contribution in [3.8, 4) is 0 Å². The largest absolute Gasteiger partial charge is 0.325 e. The van der Waals surface area contributed by atoms with Crippen LogP contribution >= 0.6 is 11.3 Å². The molecule has 1 amide bonds. The molecule has 32 heavy (non-hydrogen) atoms. The zero-order chi connectivity index (χ0) is 22.5. The molecule has 2 heterocycles. The van der Waals surface area contributed by atoms with Gasteiger partial charge in [-0.2, -0.15) is 0 Å². The summed E-state index contributed by atoms with van der Waals surface area (Å²) in [4.78, 5) is 15.9. The quantitative estimate of drug-likeness (QED) is 0.468. The molecular formula is C28H35N2OS+. The smallest absolute Gasteiger partial charge is 0.256 e. The Morgan fingerprint density at radius 2 is 1.62 bits per heavy atom. The summed E-state index contributed by atoms with van der Waals surface area (Å²) < 4.78 is 0. The van der Waals surface area contributed by atoms with Crippen LogP contribution in [0.5, 0.6) is 0 Å². The summed E-state index contributed by atoms with van der Waals surface area (Å²) in [5.41, 5.74) is 4.69. The zero-order valence-electron chi connectivity index (χ0n) is 19.5. The van der Waals surface area contributed by atoms with Crippen molar-refractivity contribution in [2.75, 3.05) is 18.4 Å². The first-order chi connectivity index (χ1) is 15.6. The highest BCUT2D eigenvalue weighted by Gasteiger charge is 2.31. The maximum atomic E-state index is 13.0. The summed E-state index contributed by atoms with van der Waals surface area (Å²) in [7, 11) is 0. The molecule has 0 radical (unpaired) electrons. The molecule has 3 aromatic rings. The van der Waals surface area contributed by atoms with Crippen LogP contribution in [0.2, 0.25) is 0 Å². The molecule has 1 aromatic heterocycles. The number of likely N-dealkylation sites (tertiary alicyclic amines) is 1. The molecule has 2 aromatic carbocycles. The SMILES string of the molecule is CCc1cc([C@H](c2ccc(C(C)C)cc2)[NH+]2CCCCC2)c(NC(=O)c2ccccc2)s1. The van der Waals surface area contributed by atoms with Crippen LogP contribution in [0, 0.1) is 0 Å². The van der Waals surface area contributed by atoms with Gasteiger partial charge in [-0.3, -0.25) is 4.79 Å². The first-order valence-electron chi connectivity index (χ1n) is 12.0. The monoisotopic (exact) mass is 447 g/mol. The molecule has 0 bridgehead atoms. The van der Waals surface area contributed by atoms with E-state index in [2.05, 4.69) is 56.4 Å². The average molecular weight is 448 g/mol. The molecular weight excluding hydrogens is 412 g/mol. The van der Waals surface area contributed by atoms with Gasteiger partial charge in [0.15, 0.2) is 0 Å². The van der Waals surface area contributed by atoms with Gasteiger partial charge in [0.25, 0.3) is 5.91 Å². The molecule has 1 fully saturated rings. The van der Waals surface area contributed by atoms with E-state index in [1.165, 1.54) is 53.9 Å². The predicted octanol–water partition coefficient (Wildman–Crippen LogP) is 5.84. The molecule has 1 aliphatic heterocycles. The lowest BCUT2D eigenvalue weighted by atomic mass is 9.93. The van der Waals surface area contributed by atoms with Gasteiger partial charge in [-0.15, -0.1) is 11.3 Å². The van der Waals surface area contributed by atoms with E-state index < -0.39 is 0 Å². The van der Waals surface area contributed by atoms with Crippen LogP contribution < -0.4 is 10.2 Å². The molecule has 2 N–H and O–H groups in total. The molecule has 3 nitrogen and oxygen atoms in total. The van der Waals surface area contributed by atoms with Crippen molar-refractivity contribution in [2.24, 2.45) is 0 Å². The summed E-state index contributed by atoms with van der Waals surface area (Å²) in [6.45, 7) is 9.04. The third-order valence-electron chi connectivity index (χ3n) is 6.57. The Kier molecular flexibility index (Phi) is 7.44. The van der Waals surface area contributed by atoms with E-state index in [0.717, 1.165) is 11.4 Å². The Morgan fingerprint density at radius 1 is 0.969 bits per heavy atom. The molecule has 1 atom stereocenters. The number of benzene rings is 2. The Hall–Kier alpha value is -2.43. The summed E-state index contributed by atoms with van der Waals surface area (Å²) in [6.07, 6.45) is 4.84. The molecule has 4 heteroatoms. The number of nitrogens with one attached hydrogen (secondary N) is 2. The van der Waals surface area contributed by atoms with E-state index in [1.54, 1.807) is 16.2 Å². The predicted molar refractivity (Wildman–Crippen MR) is 135 cm³/mol. The number of amides is 1. The minimum Gasteiger partial charge on any atom is -0.325 e. The number of carbonyl (C=O) groups is 1. The van der Waals surface area contributed by atoms with Crippen LogP contribution in [-0.2, 0) is 6.42 Å². The number of thiophene rings is 1. The molecule has 0 saturated carbocycles. The number of piperidine rings is 1. The van der Waals surface area contributed by atoms with E-state index in [-0.39, 0.29) is 11.9 Å². The van der Waals surface area contributed by atoms with Crippen LogP contribution in [0.25, 0.3) is 0 Å². The molecule has 0 unspecified atom stereocenters. The lowest BCUT2D eigenvalue weighted by molar-refractivity contribution is -0.930. The number of hydrogen-bond acceptors (Lipinski definition) is 2. The van der Waals surface area contributed by atoms with Gasteiger partial charge in [-0.25, -0.2) is 0 Å². The maximum absolute atomic E-state index is 13.0. The topological polar surface area (TPSA) is 33.5 Å². The third kappa shape index (κ3) is 5.13. The van der Waals surface area contributed by atoms with Crippen molar-refractivity contribution < 1.29 is 9.69 Å². The first-order valence-corrected chi connectivity index (χ1v) is 12.8. The highest BCUT2D eigenvalue weighted by Crippen LogP contribution is 2.36. The van der Waals surface area contributed by atoms with Gasteiger partial charge in [0, 0.05) is 21.6 Å². The number of rotatable bonds is 7. The van der Waals surface area contributed by atoms with Crippen LogP contribution in [0.1, 0.15) is 83.9 Å². The van der Waals surface area contributed by atoms with Crippen LogP contribution in [0.4, 0.5) is 5.00 Å². The standard InChI is InChI=1S/C28H34N2OS/c1-4-24-19-25(28(32-24)29-27(31)23-11-7-5-8-12-23)26(30-17-9-6-10-18-30)22-15-13-21(14-16-22)20(2)3/h5,7-8,11-16,19-20,26H,4,6,9-10,17-18H2,1-3H3,(H,29,31)/p+1/t26-/m0/s1. The number of quaternary nitrogens is 1. The second-order valence-corrected chi connectivity index (χ2v) is 10.3. The van der Waals surface area contributed by atoms with Gasteiger partial charge in [-0.1, -0.05) is 63.2 Å². The van der Waals surface area contributed by atoms with E-state index in [1.807, 2.05) is 30.3 Å². The van der Waals surface area contributed by atoms with Gasteiger partial charge in [0.2, 0.25) is 0 Å². The minimum absolute atomic E-state index is 0.0288. The fourth-order valence-electron chi connectivity index (χ4n) is 4.71. The Morgan fingerprint density at radius 3 is 2.25 bits per heavy atom. The van der Waals surface area contributed by atoms with Gasteiger partial charge >= 0.3 is 0 Å². The molecule has 1 aliphatic rings. The van der Waals surface area contributed by atoms with Crippen molar-refractivity contribution >= 4 is 22.2 Å². The van der Waals surface area contributed by atoms with E-state index >= 15 is 0 Å². The van der Waals surface area contributed by atoms with Crippen molar-refractivity contribution in [3.05, 3.63) is 87.8 Å². The fraction of sp³-hybridized carbons (Fsp3) is 0.393. The average Bonchev–Trinajstić information content (AvgIpc) is 3.23. The molecule has 4 rings (SSSR count). The maximum Gasteiger partial charge on any atom is 0.256 e. The van der Waals surface area contributed by atoms with Crippen LogP contribution in [0.3, 0.4) is 0 Å². The third-order valence-corrected chi connectivity index (χ3v) is 7.79. The Bertz CT molecular complexity index is 1020. The lowest BCUT2D eigenvalue weighted by Gasteiger charge is -2.32. The Balaban J connectivity index is 1.73. The van der Waals surface area contributed by atoms with E-state index in [0.29, 0.717) is 11.5 Å². The number of hydrogen-bond donors (Lipinski definition) is 2. The van der Waals surface area contributed by atoms with Crippen molar-refractivity contribution in [1.82, 2.24) is 0 Å². The summed E-state index contributed by atoms with van der Waals surface area (Å²) in [5.74, 6) is 0.497. The number of aryl methyl sites for hydroxylation is 1. The number of anilines is 1. The van der Waals surface area contributed by atoms with Gasteiger partial charge in [0.05, 0.1) is 13.1 Å². The zero-order valence-corrected chi connectivity index (χ0v) is 20.3. The molecule has 168 valence electrons.